The Kier molecular flexibility index (Phi) is 6.79. The molecule has 1 aromatic carbocycles. The molecule has 0 saturated carbocycles. The number of rotatable bonds is 8. The van der Waals surface area contributed by atoms with E-state index < -0.39 is 20.0 Å². The number of likely N-dealkylation sites (N-methyl/N-ethyl adjacent to an activating group) is 1. The van der Waals surface area contributed by atoms with E-state index in [1.807, 2.05) is 0 Å². The second-order valence-electron chi connectivity index (χ2n) is 7.13. The van der Waals surface area contributed by atoms with Crippen molar-refractivity contribution in [2.75, 3.05) is 38.1 Å². The number of hydrogen-bond acceptors (Lipinski definition) is 6. The number of amides is 1. The molecule has 9 nitrogen and oxygen atoms in total. The fourth-order valence-corrected chi connectivity index (χ4v) is 6.14. The molecule has 1 aliphatic rings. The summed E-state index contributed by atoms with van der Waals surface area (Å²) in [5, 5.41) is 0. The summed E-state index contributed by atoms with van der Waals surface area (Å²) < 4.78 is 53.2. The largest absolute Gasteiger partial charge is 0.311 e. The molecule has 0 fully saturated rings. The van der Waals surface area contributed by atoms with E-state index >= 15 is 0 Å². The van der Waals surface area contributed by atoms with E-state index in [1.54, 1.807) is 26.0 Å². The van der Waals surface area contributed by atoms with Crippen molar-refractivity contribution in [2.45, 2.75) is 30.1 Å². The first kappa shape index (κ1) is 23.3. The van der Waals surface area contributed by atoms with Crippen LogP contribution in [0.4, 0.5) is 5.69 Å². The summed E-state index contributed by atoms with van der Waals surface area (Å²) in [6, 6.07) is 7.65. The lowest BCUT2D eigenvalue weighted by atomic mass is 10.2. The summed E-state index contributed by atoms with van der Waals surface area (Å²) in [6.45, 7) is 4.34. The van der Waals surface area contributed by atoms with Crippen LogP contribution in [0, 0.1) is 0 Å². The number of carbonyl (C=O) groups is 1. The molecule has 0 atom stereocenters. The Balaban J connectivity index is 1.79. The van der Waals surface area contributed by atoms with Crippen LogP contribution in [-0.2, 0) is 31.3 Å². The molecule has 0 saturated heterocycles. The average molecular weight is 467 g/mol. The summed E-state index contributed by atoms with van der Waals surface area (Å²) in [6.07, 6.45) is 3.21. The van der Waals surface area contributed by atoms with Gasteiger partial charge in [-0.05, 0) is 42.3 Å². The zero-order valence-corrected chi connectivity index (χ0v) is 19.4. The quantitative estimate of drug-likeness (QED) is 0.581. The second kappa shape index (κ2) is 9.03. The predicted octanol–water partition coefficient (Wildman–Crippen LogP) is 1.32. The van der Waals surface area contributed by atoms with E-state index in [0.717, 1.165) is 9.87 Å². The molecule has 2 aromatic rings. The lowest BCUT2D eigenvalue weighted by Gasteiger charge is -2.22. The predicted molar refractivity (Wildman–Crippen MR) is 117 cm³/mol. The maximum atomic E-state index is 12.9. The zero-order chi connectivity index (χ0) is 22.8. The van der Waals surface area contributed by atoms with Crippen molar-refractivity contribution in [1.82, 2.24) is 13.6 Å². The molecule has 1 amide bonds. The summed E-state index contributed by atoms with van der Waals surface area (Å²) in [4.78, 5) is 18.4. The van der Waals surface area contributed by atoms with E-state index in [0.29, 0.717) is 31.7 Å². The van der Waals surface area contributed by atoms with Gasteiger partial charge < -0.3 is 4.90 Å². The van der Waals surface area contributed by atoms with Gasteiger partial charge in [0.25, 0.3) is 0 Å². The molecule has 0 spiro atoms. The fourth-order valence-electron chi connectivity index (χ4n) is 3.55. The highest BCUT2D eigenvalue weighted by atomic mass is 32.2. The van der Waals surface area contributed by atoms with Gasteiger partial charge >= 0.3 is 0 Å². The Hall–Kier alpha value is -2.34. The molecular weight excluding hydrogens is 440 g/mol. The summed E-state index contributed by atoms with van der Waals surface area (Å²) in [7, 11) is -6.09. The van der Waals surface area contributed by atoms with Gasteiger partial charge in [-0.15, -0.1) is 0 Å². The van der Waals surface area contributed by atoms with Crippen LogP contribution < -0.4 is 4.90 Å². The SMILES string of the molecule is CCN(CC)S(=O)(=O)c1ccc2c(c1)CCN2C(=O)CN(C)S(=O)(=O)c1cccnc1. The number of hydrogen-bond donors (Lipinski definition) is 0. The van der Waals surface area contributed by atoms with E-state index in [4.69, 9.17) is 0 Å². The van der Waals surface area contributed by atoms with E-state index in [1.165, 1.54) is 46.8 Å². The topological polar surface area (TPSA) is 108 Å². The first-order chi connectivity index (χ1) is 14.6. The van der Waals surface area contributed by atoms with Crippen molar-refractivity contribution in [3.8, 4) is 0 Å². The van der Waals surface area contributed by atoms with Crippen molar-refractivity contribution in [2.24, 2.45) is 0 Å². The first-order valence-corrected chi connectivity index (χ1v) is 12.8. The second-order valence-corrected chi connectivity index (χ2v) is 11.1. The van der Waals surface area contributed by atoms with Crippen molar-refractivity contribution in [1.29, 1.82) is 0 Å². The highest BCUT2D eigenvalue weighted by molar-refractivity contribution is 7.89. The Labute approximate surface area is 183 Å². The van der Waals surface area contributed by atoms with E-state index in [2.05, 4.69) is 4.98 Å². The Morgan fingerprint density at radius 1 is 1.06 bits per heavy atom. The Morgan fingerprint density at radius 3 is 2.39 bits per heavy atom. The number of pyridine rings is 1. The third-order valence-electron chi connectivity index (χ3n) is 5.29. The lowest BCUT2D eigenvalue weighted by Crippen LogP contribution is -2.40. The number of sulfonamides is 2. The van der Waals surface area contributed by atoms with Gasteiger partial charge in [-0.25, -0.2) is 16.8 Å². The summed E-state index contributed by atoms with van der Waals surface area (Å²) >= 11 is 0. The maximum Gasteiger partial charge on any atom is 0.244 e. The van der Waals surface area contributed by atoms with Gasteiger partial charge in [0.2, 0.25) is 26.0 Å². The minimum Gasteiger partial charge on any atom is -0.311 e. The number of fused-ring (bicyclic) bond motifs is 1. The van der Waals surface area contributed by atoms with Gasteiger partial charge in [-0.1, -0.05) is 13.8 Å². The summed E-state index contributed by atoms with van der Waals surface area (Å²) in [5.74, 6) is -0.381. The van der Waals surface area contributed by atoms with Crippen LogP contribution in [0.3, 0.4) is 0 Å². The van der Waals surface area contributed by atoms with E-state index in [9.17, 15) is 21.6 Å². The molecule has 2 heterocycles. The molecule has 0 radical (unpaired) electrons. The van der Waals surface area contributed by atoms with Crippen molar-refractivity contribution in [3.63, 3.8) is 0 Å². The van der Waals surface area contributed by atoms with Crippen LogP contribution >= 0.6 is 0 Å². The molecule has 31 heavy (non-hydrogen) atoms. The van der Waals surface area contributed by atoms with Crippen molar-refractivity contribution in [3.05, 3.63) is 48.3 Å². The zero-order valence-electron chi connectivity index (χ0n) is 17.7. The van der Waals surface area contributed by atoms with Crippen LogP contribution in [-0.4, -0.2) is 69.6 Å². The van der Waals surface area contributed by atoms with Gasteiger partial charge in [0.15, 0.2) is 0 Å². The Morgan fingerprint density at radius 2 is 1.77 bits per heavy atom. The van der Waals surface area contributed by atoms with Crippen molar-refractivity contribution < 1.29 is 21.6 Å². The van der Waals surface area contributed by atoms with Crippen LogP contribution in [0.2, 0.25) is 0 Å². The molecule has 0 bridgehead atoms. The van der Waals surface area contributed by atoms with Crippen LogP contribution in [0.15, 0.2) is 52.5 Å². The molecule has 0 unspecified atom stereocenters. The number of carbonyl (C=O) groups excluding carboxylic acids is 1. The van der Waals surface area contributed by atoms with Gasteiger partial charge in [-0.2, -0.15) is 8.61 Å². The molecule has 1 aromatic heterocycles. The Bertz CT molecular complexity index is 1160. The van der Waals surface area contributed by atoms with E-state index in [-0.39, 0.29) is 22.2 Å². The standard InChI is InChI=1S/C20H26N4O5S2/c1-4-23(5-2)31(28,29)17-8-9-19-16(13-17)10-12-24(19)20(25)15-22(3)30(26,27)18-7-6-11-21-14-18/h6-9,11,13-14H,4-5,10,12,15H2,1-3H3. The molecular formula is C20H26N4O5S2. The van der Waals surface area contributed by atoms with Crippen LogP contribution in [0.25, 0.3) is 0 Å². The number of aromatic nitrogens is 1. The molecule has 1 aliphatic heterocycles. The van der Waals surface area contributed by atoms with Crippen LogP contribution in [0.1, 0.15) is 19.4 Å². The third-order valence-corrected chi connectivity index (χ3v) is 9.12. The number of anilines is 1. The number of benzene rings is 1. The van der Waals surface area contributed by atoms with Crippen molar-refractivity contribution >= 4 is 31.6 Å². The lowest BCUT2D eigenvalue weighted by molar-refractivity contribution is -0.118. The normalized spacial score (nSPS) is 14.3. The van der Waals surface area contributed by atoms with Gasteiger partial charge in [0.05, 0.1) is 11.4 Å². The maximum absolute atomic E-state index is 12.9. The highest BCUT2D eigenvalue weighted by Gasteiger charge is 2.31. The molecule has 11 heteroatoms. The molecule has 0 N–H and O–H groups in total. The fraction of sp³-hybridized carbons (Fsp3) is 0.400. The molecule has 0 aliphatic carbocycles. The van der Waals surface area contributed by atoms with Gasteiger partial charge in [0, 0.05) is 44.8 Å². The highest BCUT2D eigenvalue weighted by Crippen LogP contribution is 2.31. The smallest absolute Gasteiger partial charge is 0.244 e. The first-order valence-electron chi connectivity index (χ1n) is 9.92. The summed E-state index contributed by atoms with van der Waals surface area (Å²) in [5.41, 5.74) is 1.36. The molecule has 3 rings (SSSR count). The van der Waals surface area contributed by atoms with Gasteiger partial charge in [0.1, 0.15) is 4.90 Å². The van der Waals surface area contributed by atoms with Gasteiger partial charge in [-0.3, -0.25) is 9.78 Å². The number of nitrogens with zero attached hydrogens (tertiary/aromatic N) is 4. The van der Waals surface area contributed by atoms with Crippen LogP contribution in [0.5, 0.6) is 0 Å². The monoisotopic (exact) mass is 466 g/mol. The third kappa shape index (κ3) is 4.49. The average Bonchev–Trinajstić information content (AvgIpc) is 3.18. The molecule has 168 valence electrons. The minimum atomic E-state index is -3.84. The minimum absolute atomic E-state index is 0.0124.